The van der Waals surface area contributed by atoms with Gasteiger partial charge in [-0.15, -0.1) is 12.6 Å². The van der Waals surface area contributed by atoms with Crippen LogP contribution in [0.5, 0.6) is 0 Å². The van der Waals surface area contributed by atoms with E-state index in [4.69, 9.17) is 22.4 Å². The lowest BCUT2D eigenvalue weighted by atomic mass is 9.83. The molecule has 2 N–H and O–H groups in total. The van der Waals surface area contributed by atoms with Crippen molar-refractivity contribution in [2.24, 2.45) is 5.41 Å². The summed E-state index contributed by atoms with van der Waals surface area (Å²) in [5.74, 6) is -2.51. The Kier molecular flexibility index (Phi) is 8.97. The number of carboxylic acids is 2. The van der Waals surface area contributed by atoms with Crippen LogP contribution in [0.1, 0.15) is 26.7 Å². The zero-order chi connectivity index (χ0) is 20.4. The molecule has 0 unspecified atom stereocenters. The van der Waals surface area contributed by atoms with Crippen LogP contribution in [0.4, 0.5) is 11.4 Å². The standard InChI is InChI=1S/C13H11NS2.C7H12O4/c15-13(16)14(11-7-3-1-4-8-11)12-9-5-2-6-10-12;1-3-7(4-2,5(8)9)6(10)11/h1-10H,(H,15,16);3-4H2,1-2H3,(H,8,9)(H,10,11). The van der Waals surface area contributed by atoms with Crippen molar-refractivity contribution in [1.82, 2.24) is 0 Å². The number of carboxylic acid groups (broad SMARTS) is 2. The SMILES string of the molecule is CCC(CC)(C(=O)O)C(=O)O.S=C(S)N(c1ccccc1)c1ccccc1. The number of para-hydroxylation sites is 2. The van der Waals surface area contributed by atoms with Crippen LogP contribution in [0.2, 0.25) is 0 Å². The van der Waals surface area contributed by atoms with Crippen molar-refractivity contribution >= 4 is 52.5 Å². The van der Waals surface area contributed by atoms with Gasteiger partial charge in [0.1, 0.15) is 4.32 Å². The van der Waals surface area contributed by atoms with Crippen LogP contribution in [0, 0.1) is 5.41 Å². The summed E-state index contributed by atoms with van der Waals surface area (Å²) in [6.45, 7) is 3.12. The Morgan fingerprint density at radius 3 is 1.41 bits per heavy atom. The molecule has 5 nitrogen and oxygen atoms in total. The maximum absolute atomic E-state index is 10.5. The monoisotopic (exact) mass is 405 g/mol. The number of thiocarbonyl (C=S) groups is 1. The fraction of sp³-hybridized carbons (Fsp3) is 0.250. The molecule has 0 aliphatic carbocycles. The quantitative estimate of drug-likeness (QED) is 0.357. The summed E-state index contributed by atoms with van der Waals surface area (Å²) < 4.78 is 0.539. The van der Waals surface area contributed by atoms with E-state index in [9.17, 15) is 9.59 Å². The summed E-state index contributed by atoms with van der Waals surface area (Å²) in [7, 11) is 0. The van der Waals surface area contributed by atoms with Crippen molar-refractivity contribution in [3.63, 3.8) is 0 Å². The number of carbonyl (C=O) groups is 2. The predicted octanol–water partition coefficient (Wildman–Crippen LogP) is 5.00. The van der Waals surface area contributed by atoms with Crippen LogP contribution < -0.4 is 4.90 Å². The van der Waals surface area contributed by atoms with Gasteiger partial charge in [0, 0.05) is 11.4 Å². The molecule has 0 saturated carbocycles. The van der Waals surface area contributed by atoms with Crippen molar-refractivity contribution in [3.05, 3.63) is 60.7 Å². The van der Waals surface area contributed by atoms with Crippen LogP contribution in [-0.2, 0) is 9.59 Å². The van der Waals surface area contributed by atoms with Gasteiger partial charge in [0.25, 0.3) is 0 Å². The van der Waals surface area contributed by atoms with Gasteiger partial charge in [0.2, 0.25) is 0 Å². The number of rotatable bonds is 6. The van der Waals surface area contributed by atoms with E-state index in [-0.39, 0.29) is 12.8 Å². The molecular formula is C20H23NO4S2. The molecule has 0 spiro atoms. The Morgan fingerprint density at radius 1 is 0.889 bits per heavy atom. The van der Waals surface area contributed by atoms with Crippen molar-refractivity contribution in [1.29, 1.82) is 0 Å². The van der Waals surface area contributed by atoms with E-state index in [2.05, 4.69) is 12.6 Å². The summed E-state index contributed by atoms with van der Waals surface area (Å²) in [5, 5.41) is 17.2. The van der Waals surface area contributed by atoms with Gasteiger partial charge in [0.15, 0.2) is 5.41 Å². The van der Waals surface area contributed by atoms with Gasteiger partial charge in [-0.05, 0) is 37.1 Å². The second-order valence-electron chi connectivity index (χ2n) is 5.69. The average Bonchev–Trinajstić information content (AvgIpc) is 2.65. The Morgan fingerprint density at radius 2 is 1.22 bits per heavy atom. The van der Waals surface area contributed by atoms with Crippen LogP contribution in [0.25, 0.3) is 0 Å². The topological polar surface area (TPSA) is 77.8 Å². The third-order valence-corrected chi connectivity index (χ3v) is 4.63. The molecule has 0 atom stereocenters. The molecule has 2 aromatic carbocycles. The van der Waals surface area contributed by atoms with Gasteiger partial charge in [-0.1, -0.05) is 62.5 Å². The maximum atomic E-state index is 10.5. The zero-order valence-corrected chi connectivity index (χ0v) is 16.9. The van der Waals surface area contributed by atoms with E-state index in [0.717, 1.165) is 11.4 Å². The molecule has 2 aromatic rings. The van der Waals surface area contributed by atoms with Gasteiger partial charge in [-0.3, -0.25) is 14.5 Å². The van der Waals surface area contributed by atoms with E-state index < -0.39 is 17.4 Å². The van der Waals surface area contributed by atoms with Gasteiger partial charge >= 0.3 is 11.9 Å². The lowest BCUT2D eigenvalue weighted by Gasteiger charge is -2.22. The number of anilines is 2. The normalized spacial score (nSPS) is 10.3. The summed E-state index contributed by atoms with van der Waals surface area (Å²) in [4.78, 5) is 23.0. The second kappa shape index (κ2) is 10.7. The minimum Gasteiger partial charge on any atom is -0.480 e. The fourth-order valence-electron chi connectivity index (χ4n) is 2.47. The van der Waals surface area contributed by atoms with Gasteiger partial charge < -0.3 is 10.2 Å². The van der Waals surface area contributed by atoms with Gasteiger partial charge in [-0.25, -0.2) is 0 Å². The average molecular weight is 406 g/mol. The van der Waals surface area contributed by atoms with E-state index in [1.807, 2.05) is 65.6 Å². The molecule has 0 aliphatic rings. The smallest absolute Gasteiger partial charge is 0.321 e. The Labute approximate surface area is 170 Å². The Balaban J connectivity index is 0.000000293. The molecule has 0 bridgehead atoms. The molecular weight excluding hydrogens is 382 g/mol. The van der Waals surface area contributed by atoms with Crippen molar-refractivity contribution in [3.8, 4) is 0 Å². The van der Waals surface area contributed by atoms with Crippen molar-refractivity contribution in [2.45, 2.75) is 26.7 Å². The lowest BCUT2D eigenvalue weighted by molar-refractivity contribution is -0.165. The van der Waals surface area contributed by atoms with Crippen molar-refractivity contribution < 1.29 is 19.8 Å². The summed E-state index contributed by atoms with van der Waals surface area (Å²) >= 11 is 9.44. The first-order chi connectivity index (χ1) is 12.8. The summed E-state index contributed by atoms with van der Waals surface area (Å²) in [6, 6.07) is 19.9. The molecule has 27 heavy (non-hydrogen) atoms. The van der Waals surface area contributed by atoms with Gasteiger partial charge in [0.05, 0.1) is 0 Å². The number of hydrogen-bond acceptors (Lipinski definition) is 3. The predicted molar refractivity (Wildman–Crippen MR) is 115 cm³/mol. The summed E-state index contributed by atoms with van der Waals surface area (Å²) in [6.07, 6.45) is 0.238. The third kappa shape index (κ3) is 5.80. The van der Waals surface area contributed by atoms with Gasteiger partial charge in [-0.2, -0.15) is 0 Å². The molecule has 2 rings (SSSR count). The minimum absolute atomic E-state index is 0.119. The van der Waals surface area contributed by atoms with E-state index in [0.29, 0.717) is 4.32 Å². The number of thiol groups is 1. The highest BCUT2D eigenvalue weighted by molar-refractivity contribution is 8.11. The first-order valence-electron chi connectivity index (χ1n) is 8.40. The largest absolute Gasteiger partial charge is 0.480 e. The third-order valence-electron chi connectivity index (χ3n) is 4.25. The van der Waals surface area contributed by atoms with Crippen LogP contribution >= 0.6 is 24.8 Å². The molecule has 0 saturated heterocycles. The maximum Gasteiger partial charge on any atom is 0.321 e. The highest BCUT2D eigenvalue weighted by atomic mass is 32.1. The van der Waals surface area contributed by atoms with E-state index in [1.165, 1.54) is 0 Å². The Bertz CT molecular complexity index is 707. The van der Waals surface area contributed by atoms with Crippen molar-refractivity contribution in [2.75, 3.05) is 4.90 Å². The minimum atomic E-state index is -1.58. The zero-order valence-electron chi connectivity index (χ0n) is 15.2. The first kappa shape index (κ1) is 22.7. The van der Waals surface area contributed by atoms with Crippen LogP contribution in [0.15, 0.2) is 60.7 Å². The second-order valence-corrected chi connectivity index (χ2v) is 6.80. The fourth-order valence-corrected chi connectivity index (χ4v) is 2.91. The first-order valence-corrected chi connectivity index (χ1v) is 9.25. The lowest BCUT2D eigenvalue weighted by Crippen LogP contribution is -2.38. The number of nitrogens with zero attached hydrogens (tertiary/aromatic N) is 1. The number of hydrogen-bond donors (Lipinski definition) is 3. The Hall–Kier alpha value is -2.38. The van der Waals surface area contributed by atoms with Crippen LogP contribution in [-0.4, -0.2) is 26.5 Å². The van der Waals surface area contributed by atoms with E-state index >= 15 is 0 Å². The summed E-state index contributed by atoms with van der Waals surface area (Å²) in [5.41, 5.74) is 0.461. The van der Waals surface area contributed by atoms with E-state index in [1.54, 1.807) is 13.8 Å². The highest BCUT2D eigenvalue weighted by Crippen LogP contribution is 2.27. The molecule has 0 aliphatic heterocycles. The number of benzene rings is 2. The highest BCUT2D eigenvalue weighted by Gasteiger charge is 2.42. The van der Waals surface area contributed by atoms with Crippen LogP contribution in [0.3, 0.4) is 0 Å². The molecule has 0 fully saturated rings. The molecule has 0 aromatic heterocycles. The molecule has 7 heteroatoms. The molecule has 0 radical (unpaired) electrons. The number of aliphatic carboxylic acids is 2. The molecule has 0 heterocycles. The molecule has 0 amide bonds. The molecule has 144 valence electrons.